The lowest BCUT2D eigenvalue weighted by Gasteiger charge is -2.26. The number of fused-ring (bicyclic) bond motifs is 3. The number of H-pyrrole nitrogens is 1. The third-order valence-corrected chi connectivity index (χ3v) is 6.59. The van der Waals surface area contributed by atoms with Gasteiger partial charge in [-0.25, -0.2) is 4.98 Å². The Morgan fingerprint density at radius 3 is 2.76 bits per heavy atom. The average Bonchev–Trinajstić information content (AvgIpc) is 2.78. The Bertz CT molecular complexity index is 708. The van der Waals surface area contributed by atoms with E-state index in [-0.39, 0.29) is 0 Å². The van der Waals surface area contributed by atoms with Crippen molar-refractivity contribution in [2.24, 2.45) is 0 Å². The lowest BCUT2D eigenvalue weighted by atomic mass is 10.2. The van der Waals surface area contributed by atoms with Crippen molar-refractivity contribution in [3.63, 3.8) is 0 Å². The van der Waals surface area contributed by atoms with Crippen LogP contribution in [0, 0.1) is 0 Å². The van der Waals surface area contributed by atoms with Gasteiger partial charge in [0.25, 0.3) is 0 Å². The SMILES string of the molecule is C[Si-](C)(C)c1cc2cc(Br)c3scnc3c2[nH]1. The molecule has 0 spiro atoms. The summed E-state index contributed by atoms with van der Waals surface area (Å²) in [5.41, 5.74) is 4.18. The smallest absolute Gasteiger partial charge is 0.106 e. The zero-order valence-electron chi connectivity index (χ0n) is 9.97. The van der Waals surface area contributed by atoms with Crippen molar-refractivity contribution in [2.45, 2.75) is 19.6 Å². The van der Waals surface area contributed by atoms with Crippen LogP contribution < -0.4 is 5.32 Å². The Balaban J connectivity index is 2.43. The molecule has 17 heavy (non-hydrogen) atoms. The second-order valence-electron chi connectivity index (χ2n) is 5.29. The number of halogens is 1. The van der Waals surface area contributed by atoms with Gasteiger partial charge in [-0.05, 0) is 27.4 Å². The van der Waals surface area contributed by atoms with Crippen LogP contribution in [0.15, 0.2) is 22.1 Å². The van der Waals surface area contributed by atoms with Gasteiger partial charge in [0.1, 0.15) is 5.52 Å². The van der Waals surface area contributed by atoms with Crippen molar-refractivity contribution in [1.29, 1.82) is 0 Å². The maximum absolute atomic E-state index is 4.48. The second kappa shape index (κ2) is 3.67. The van der Waals surface area contributed by atoms with E-state index in [0.717, 1.165) is 9.99 Å². The minimum Gasteiger partial charge on any atom is -0.390 e. The molecular weight excluding hydrogens is 312 g/mol. The average molecular weight is 325 g/mol. The molecule has 5 heteroatoms. The minimum atomic E-state index is -1.30. The fraction of sp³-hybridized carbons (Fsp3) is 0.250. The molecule has 0 saturated heterocycles. The Kier molecular flexibility index (Phi) is 2.47. The van der Waals surface area contributed by atoms with E-state index in [1.165, 1.54) is 20.9 Å². The maximum atomic E-state index is 4.48. The molecule has 0 saturated carbocycles. The van der Waals surface area contributed by atoms with Crippen LogP contribution in [0.5, 0.6) is 0 Å². The summed E-state index contributed by atoms with van der Waals surface area (Å²) in [7, 11) is -1.30. The molecule has 0 unspecified atom stereocenters. The molecule has 0 aliphatic rings. The normalized spacial score (nSPS) is 12.7. The number of nitrogens with zero attached hydrogens (tertiary/aromatic N) is 1. The molecule has 3 rings (SSSR count). The molecule has 2 aromatic heterocycles. The van der Waals surface area contributed by atoms with Gasteiger partial charge in [-0.15, -0.1) is 24.7 Å². The number of hydrogen-bond acceptors (Lipinski definition) is 2. The summed E-state index contributed by atoms with van der Waals surface area (Å²) in [4.78, 5) is 8.05. The van der Waals surface area contributed by atoms with E-state index in [1.807, 2.05) is 5.51 Å². The monoisotopic (exact) mass is 324 g/mol. The zero-order valence-corrected chi connectivity index (χ0v) is 13.4. The number of nitrogens with one attached hydrogen (secondary N) is 1. The molecule has 0 aliphatic carbocycles. The largest absolute Gasteiger partial charge is 0.390 e. The van der Waals surface area contributed by atoms with Crippen LogP contribution in [0.1, 0.15) is 0 Å². The second-order valence-corrected chi connectivity index (χ2v) is 12.0. The van der Waals surface area contributed by atoms with Gasteiger partial charge in [-0.3, -0.25) is 0 Å². The molecule has 3 aromatic rings. The summed E-state index contributed by atoms with van der Waals surface area (Å²) in [6, 6.07) is 4.47. The van der Waals surface area contributed by atoms with Gasteiger partial charge < -0.3 is 4.98 Å². The quantitative estimate of drug-likeness (QED) is 0.671. The topological polar surface area (TPSA) is 28.7 Å². The first-order valence-electron chi connectivity index (χ1n) is 5.52. The summed E-state index contributed by atoms with van der Waals surface area (Å²) < 4.78 is 2.37. The van der Waals surface area contributed by atoms with Crippen LogP contribution in [-0.4, -0.2) is 18.0 Å². The van der Waals surface area contributed by atoms with Crippen molar-refractivity contribution in [3.8, 4) is 0 Å². The highest BCUT2D eigenvalue weighted by atomic mass is 79.9. The molecule has 0 atom stereocenters. The highest BCUT2D eigenvalue weighted by molar-refractivity contribution is 9.10. The first-order valence-corrected chi connectivity index (χ1v) is 10.7. The van der Waals surface area contributed by atoms with E-state index in [4.69, 9.17) is 0 Å². The first kappa shape index (κ1) is 11.4. The van der Waals surface area contributed by atoms with Gasteiger partial charge in [0.2, 0.25) is 0 Å². The molecule has 0 bridgehead atoms. The Hall–Kier alpha value is -0.653. The minimum absolute atomic E-state index is 1.09. The predicted octanol–water partition coefficient (Wildman–Crippen LogP) is 4.09. The lowest BCUT2D eigenvalue weighted by molar-refractivity contribution is 1.46. The highest BCUT2D eigenvalue weighted by Crippen LogP contribution is 2.33. The van der Waals surface area contributed by atoms with E-state index in [2.05, 4.69) is 57.7 Å². The molecule has 1 aromatic carbocycles. The molecule has 89 valence electrons. The Morgan fingerprint density at radius 2 is 2.06 bits per heavy atom. The van der Waals surface area contributed by atoms with Crippen LogP contribution in [0.25, 0.3) is 21.1 Å². The number of aromatic nitrogens is 2. The molecule has 1 N–H and O–H groups in total. The summed E-state index contributed by atoms with van der Waals surface area (Å²) in [6.07, 6.45) is 0. The number of aromatic amines is 1. The fourth-order valence-electron chi connectivity index (χ4n) is 1.98. The standard InChI is InChI=1S/C12H13BrN2SSi/c1-17(2,3)9-5-7-4-8(13)12-11(10(7)15-9)14-6-16-12/h4-6,15H,1-3H3/q-1. The van der Waals surface area contributed by atoms with E-state index in [9.17, 15) is 0 Å². The van der Waals surface area contributed by atoms with E-state index < -0.39 is 8.07 Å². The van der Waals surface area contributed by atoms with Gasteiger partial charge in [0.15, 0.2) is 0 Å². The molecule has 0 fully saturated rings. The van der Waals surface area contributed by atoms with Crippen molar-refractivity contribution >= 4 is 61.8 Å². The van der Waals surface area contributed by atoms with Crippen LogP contribution >= 0.6 is 27.3 Å². The van der Waals surface area contributed by atoms with Crippen LogP contribution in [0.2, 0.25) is 19.6 Å². The van der Waals surface area contributed by atoms with E-state index in [0.29, 0.717) is 0 Å². The Labute approximate surface area is 113 Å². The fourth-order valence-corrected chi connectivity index (χ4v) is 4.48. The molecule has 0 aliphatic heterocycles. The lowest BCUT2D eigenvalue weighted by Crippen LogP contribution is -2.38. The van der Waals surface area contributed by atoms with Gasteiger partial charge in [0.05, 0.1) is 15.7 Å². The number of benzene rings is 1. The van der Waals surface area contributed by atoms with Crippen LogP contribution in [0.3, 0.4) is 0 Å². The third kappa shape index (κ3) is 1.77. The summed E-state index contributed by atoms with van der Waals surface area (Å²) >= 11 is 5.30. The van der Waals surface area contributed by atoms with Gasteiger partial charge in [-0.1, -0.05) is 6.07 Å². The van der Waals surface area contributed by atoms with Crippen LogP contribution in [0.4, 0.5) is 0 Å². The maximum Gasteiger partial charge on any atom is 0.106 e. The van der Waals surface area contributed by atoms with Gasteiger partial charge in [0, 0.05) is 4.47 Å². The van der Waals surface area contributed by atoms with Crippen molar-refractivity contribution < 1.29 is 0 Å². The van der Waals surface area contributed by atoms with E-state index in [1.54, 1.807) is 11.3 Å². The van der Waals surface area contributed by atoms with Gasteiger partial charge in [-0.2, -0.15) is 19.6 Å². The third-order valence-electron chi connectivity index (χ3n) is 2.96. The van der Waals surface area contributed by atoms with Gasteiger partial charge >= 0.3 is 0 Å². The van der Waals surface area contributed by atoms with Crippen molar-refractivity contribution in [3.05, 3.63) is 22.1 Å². The number of rotatable bonds is 1. The highest BCUT2D eigenvalue weighted by Gasteiger charge is 2.12. The molecule has 2 heterocycles. The molecule has 0 amide bonds. The summed E-state index contributed by atoms with van der Waals surface area (Å²) in [6.45, 7) is 7.06. The number of hydrogen-bond donors (Lipinski definition) is 1. The molecular formula is C12H13BrN2SSi-. The zero-order chi connectivity index (χ0) is 12.2. The predicted molar refractivity (Wildman–Crippen MR) is 82.2 cm³/mol. The van der Waals surface area contributed by atoms with Crippen molar-refractivity contribution in [1.82, 2.24) is 9.97 Å². The molecule has 0 radical (unpaired) electrons. The van der Waals surface area contributed by atoms with E-state index >= 15 is 0 Å². The van der Waals surface area contributed by atoms with Crippen molar-refractivity contribution in [2.75, 3.05) is 0 Å². The first-order chi connectivity index (χ1) is 7.97. The summed E-state index contributed by atoms with van der Waals surface area (Å²) in [5.74, 6) is 0. The molecule has 2 nitrogen and oxygen atoms in total. The Morgan fingerprint density at radius 1 is 1.29 bits per heavy atom. The van der Waals surface area contributed by atoms with Crippen LogP contribution in [-0.2, 0) is 0 Å². The summed E-state index contributed by atoms with van der Waals surface area (Å²) in [5, 5.41) is 2.65. The number of thiazole rings is 1.